The Labute approximate surface area is 216 Å². The van der Waals surface area contributed by atoms with Gasteiger partial charge in [-0.15, -0.1) is 0 Å². The fourth-order valence-electron chi connectivity index (χ4n) is 3.99. The van der Waals surface area contributed by atoms with Crippen LogP contribution in [0.25, 0.3) is 0 Å². The second-order valence-corrected chi connectivity index (χ2v) is 10.5. The average Bonchev–Trinajstić information content (AvgIpc) is 2.90. The first-order chi connectivity index (χ1) is 17.6. The van der Waals surface area contributed by atoms with Gasteiger partial charge in [-0.3, -0.25) is 0 Å². The van der Waals surface area contributed by atoms with E-state index in [0.29, 0.717) is 47.8 Å². The minimum atomic E-state index is -4.63. The summed E-state index contributed by atoms with van der Waals surface area (Å²) in [6.07, 6.45) is 0. The molecule has 2 fully saturated rings. The summed E-state index contributed by atoms with van der Waals surface area (Å²) < 4.78 is 67.5. The number of carbonyl (C=O) groups is 2. The van der Waals surface area contributed by atoms with Crippen LogP contribution in [-0.2, 0) is 24.4 Å². The van der Waals surface area contributed by atoms with Crippen molar-refractivity contribution in [2.24, 2.45) is 5.90 Å². The SMILES string of the molecule is NOC(=O)[C@H]1CN(C(=O)N2CCOCC2)CCN1S(=O)(=O)c1cc(F)c(Oc2ccc(Cl)cc2)c(F)c1. The zero-order valence-electron chi connectivity index (χ0n) is 19.3. The van der Waals surface area contributed by atoms with Gasteiger partial charge in [0.15, 0.2) is 17.4 Å². The molecule has 2 aromatic rings. The number of rotatable bonds is 5. The minimum Gasteiger partial charge on any atom is -0.451 e. The molecule has 2 aliphatic rings. The number of sulfonamides is 1. The highest BCUT2D eigenvalue weighted by Crippen LogP contribution is 2.32. The Hall–Kier alpha value is -3.04. The third kappa shape index (κ3) is 5.78. The molecule has 1 atom stereocenters. The molecule has 4 rings (SSSR count). The van der Waals surface area contributed by atoms with Gasteiger partial charge in [0.1, 0.15) is 11.8 Å². The van der Waals surface area contributed by atoms with Crippen LogP contribution in [0.4, 0.5) is 13.6 Å². The Morgan fingerprint density at radius 2 is 1.62 bits per heavy atom. The van der Waals surface area contributed by atoms with Crippen LogP contribution < -0.4 is 10.6 Å². The Morgan fingerprint density at radius 1 is 1.00 bits per heavy atom. The zero-order valence-corrected chi connectivity index (χ0v) is 20.9. The molecule has 0 unspecified atom stereocenters. The summed E-state index contributed by atoms with van der Waals surface area (Å²) in [5.74, 6) is 0.568. The number of hydrogen-bond donors (Lipinski definition) is 1. The number of morpholine rings is 1. The van der Waals surface area contributed by atoms with E-state index in [1.54, 1.807) is 0 Å². The van der Waals surface area contributed by atoms with E-state index in [2.05, 4.69) is 4.84 Å². The van der Waals surface area contributed by atoms with Crippen molar-refractivity contribution in [3.8, 4) is 11.5 Å². The Bertz CT molecular complexity index is 1250. The summed E-state index contributed by atoms with van der Waals surface area (Å²) in [4.78, 5) is 31.6. The van der Waals surface area contributed by atoms with Crippen LogP contribution in [0.5, 0.6) is 11.5 Å². The number of amides is 2. The largest absolute Gasteiger partial charge is 0.451 e. The molecule has 2 aromatic carbocycles. The number of ether oxygens (including phenoxy) is 2. The van der Waals surface area contributed by atoms with Crippen LogP contribution in [0.1, 0.15) is 0 Å². The van der Waals surface area contributed by atoms with Gasteiger partial charge in [0.2, 0.25) is 10.0 Å². The van der Waals surface area contributed by atoms with Gasteiger partial charge in [-0.2, -0.15) is 10.2 Å². The topological polar surface area (TPSA) is 132 Å². The first-order valence-electron chi connectivity index (χ1n) is 11.1. The van der Waals surface area contributed by atoms with E-state index in [1.807, 2.05) is 0 Å². The van der Waals surface area contributed by atoms with E-state index in [1.165, 1.54) is 34.1 Å². The van der Waals surface area contributed by atoms with Gasteiger partial charge in [0.25, 0.3) is 0 Å². The molecule has 2 aliphatic heterocycles. The first kappa shape index (κ1) is 27.0. The van der Waals surface area contributed by atoms with E-state index in [4.69, 9.17) is 27.0 Å². The van der Waals surface area contributed by atoms with E-state index in [9.17, 15) is 26.8 Å². The average molecular weight is 561 g/mol. The maximum absolute atomic E-state index is 14.8. The van der Waals surface area contributed by atoms with Crippen LogP contribution in [0.2, 0.25) is 5.02 Å². The Morgan fingerprint density at radius 3 is 2.22 bits per heavy atom. The lowest BCUT2D eigenvalue weighted by molar-refractivity contribution is -0.150. The molecule has 15 heteroatoms. The molecular formula is C22H23ClF2N4O7S. The van der Waals surface area contributed by atoms with E-state index < -0.39 is 50.3 Å². The van der Waals surface area contributed by atoms with Gasteiger partial charge < -0.3 is 24.1 Å². The van der Waals surface area contributed by atoms with Gasteiger partial charge in [0.05, 0.1) is 18.1 Å². The van der Waals surface area contributed by atoms with Crippen LogP contribution >= 0.6 is 11.6 Å². The summed E-state index contributed by atoms with van der Waals surface area (Å²) in [6.45, 7) is 0.593. The predicted molar refractivity (Wildman–Crippen MR) is 125 cm³/mol. The van der Waals surface area contributed by atoms with Crippen molar-refractivity contribution in [2.45, 2.75) is 10.9 Å². The lowest BCUT2D eigenvalue weighted by Crippen LogP contribution is -2.62. The maximum Gasteiger partial charge on any atom is 0.344 e. The first-order valence-corrected chi connectivity index (χ1v) is 12.9. The molecular weight excluding hydrogens is 538 g/mol. The van der Waals surface area contributed by atoms with Gasteiger partial charge in [-0.25, -0.2) is 26.8 Å². The summed E-state index contributed by atoms with van der Waals surface area (Å²) >= 11 is 5.79. The minimum absolute atomic E-state index is 0.0737. The van der Waals surface area contributed by atoms with Gasteiger partial charge in [0, 0.05) is 37.7 Å². The summed E-state index contributed by atoms with van der Waals surface area (Å²) in [5.41, 5.74) is 0. The number of hydrogen-bond acceptors (Lipinski definition) is 8. The normalized spacial score (nSPS) is 19.0. The molecule has 0 spiro atoms. The monoisotopic (exact) mass is 560 g/mol. The van der Waals surface area contributed by atoms with Crippen molar-refractivity contribution >= 4 is 33.6 Å². The van der Waals surface area contributed by atoms with Gasteiger partial charge in [-0.05, 0) is 36.4 Å². The third-order valence-corrected chi connectivity index (χ3v) is 8.02. The summed E-state index contributed by atoms with van der Waals surface area (Å²) in [7, 11) is -4.63. The molecule has 0 radical (unpaired) electrons. The lowest BCUT2D eigenvalue weighted by Gasteiger charge is -2.41. The molecule has 2 N–H and O–H groups in total. The van der Waals surface area contributed by atoms with Crippen molar-refractivity contribution in [1.29, 1.82) is 0 Å². The molecule has 37 heavy (non-hydrogen) atoms. The second-order valence-electron chi connectivity index (χ2n) is 8.17. The maximum atomic E-state index is 14.8. The molecule has 2 heterocycles. The Kier molecular flexibility index (Phi) is 8.14. The highest BCUT2D eigenvalue weighted by Gasteiger charge is 2.43. The lowest BCUT2D eigenvalue weighted by atomic mass is 10.2. The fraction of sp³-hybridized carbons (Fsp3) is 0.364. The molecule has 0 saturated carbocycles. The van der Waals surface area contributed by atoms with Gasteiger partial charge in [-0.1, -0.05) is 11.6 Å². The fourth-order valence-corrected chi connectivity index (χ4v) is 5.70. The highest BCUT2D eigenvalue weighted by molar-refractivity contribution is 7.89. The standard InChI is InChI=1S/C22H23ClF2N4O7S/c23-14-1-3-15(4-2-14)35-20-17(24)11-16(12-18(20)25)37(32,33)29-6-5-28(13-19(29)21(30)36-26)22(31)27-7-9-34-10-8-27/h1-4,11-12,19H,5-10,13,26H2/t19-/m1/s1. The van der Waals surface area contributed by atoms with Gasteiger partial charge >= 0.3 is 12.0 Å². The van der Waals surface area contributed by atoms with E-state index >= 15 is 0 Å². The molecule has 2 saturated heterocycles. The number of urea groups is 1. The van der Waals surface area contributed by atoms with E-state index in [-0.39, 0.29) is 25.4 Å². The molecule has 0 aliphatic carbocycles. The van der Waals surface area contributed by atoms with Crippen molar-refractivity contribution in [3.05, 3.63) is 53.1 Å². The number of halogens is 3. The molecule has 0 aromatic heterocycles. The number of carbonyl (C=O) groups excluding carboxylic acids is 2. The number of nitrogens with two attached hydrogens (primary N) is 1. The van der Waals surface area contributed by atoms with Crippen LogP contribution in [0.3, 0.4) is 0 Å². The Balaban J connectivity index is 1.58. The summed E-state index contributed by atoms with van der Waals surface area (Å²) in [5, 5.41) is 0.382. The number of piperazine rings is 1. The van der Waals surface area contributed by atoms with Crippen LogP contribution in [0.15, 0.2) is 41.3 Å². The number of benzene rings is 2. The predicted octanol–water partition coefficient (Wildman–Crippen LogP) is 1.95. The second kappa shape index (κ2) is 11.1. The third-order valence-electron chi connectivity index (χ3n) is 5.88. The van der Waals surface area contributed by atoms with Crippen molar-refractivity contribution < 1.29 is 41.1 Å². The van der Waals surface area contributed by atoms with E-state index in [0.717, 1.165) is 0 Å². The molecule has 11 nitrogen and oxygen atoms in total. The smallest absolute Gasteiger partial charge is 0.344 e. The van der Waals surface area contributed by atoms with Crippen LogP contribution in [0, 0.1) is 11.6 Å². The summed E-state index contributed by atoms with van der Waals surface area (Å²) in [6, 6.07) is 4.89. The zero-order chi connectivity index (χ0) is 26.7. The highest BCUT2D eigenvalue weighted by atomic mass is 35.5. The van der Waals surface area contributed by atoms with Crippen molar-refractivity contribution in [3.63, 3.8) is 0 Å². The van der Waals surface area contributed by atoms with Crippen molar-refractivity contribution in [2.75, 3.05) is 45.9 Å². The quantitative estimate of drug-likeness (QED) is 0.549. The molecule has 2 amide bonds. The molecule has 0 bridgehead atoms. The number of nitrogens with zero attached hydrogens (tertiary/aromatic N) is 3. The molecule has 200 valence electrons. The van der Waals surface area contributed by atoms with Crippen molar-refractivity contribution in [1.82, 2.24) is 14.1 Å². The van der Waals surface area contributed by atoms with Crippen LogP contribution in [-0.4, -0.2) is 86.5 Å².